The van der Waals surface area contributed by atoms with E-state index in [9.17, 15) is 19.5 Å². The first-order valence-corrected chi connectivity index (χ1v) is 15.5. The second-order valence-corrected chi connectivity index (χ2v) is 13.3. The maximum atomic E-state index is 13.8. The van der Waals surface area contributed by atoms with Crippen molar-refractivity contribution in [3.05, 3.63) is 41.0 Å². The first kappa shape index (κ1) is 30.2. The van der Waals surface area contributed by atoms with Gasteiger partial charge in [0, 0.05) is 25.9 Å². The van der Waals surface area contributed by atoms with E-state index < -0.39 is 23.6 Å². The van der Waals surface area contributed by atoms with Crippen LogP contribution >= 0.6 is 11.3 Å². The second kappa shape index (κ2) is 13.3. The molecule has 2 aliphatic rings. The second-order valence-electron chi connectivity index (χ2n) is 12.5. The Balaban J connectivity index is 1.36. The molecular weight excluding hydrogens is 524 g/mol. The van der Waals surface area contributed by atoms with Crippen LogP contribution < -0.4 is 10.6 Å². The molecule has 9 heteroatoms. The van der Waals surface area contributed by atoms with Gasteiger partial charge in [-0.05, 0) is 35.8 Å². The molecule has 4 rings (SSSR count). The fraction of sp³-hybridized carbons (Fsp3) is 0.613. The average molecular weight is 569 g/mol. The van der Waals surface area contributed by atoms with Gasteiger partial charge in [0.15, 0.2) is 0 Å². The first-order chi connectivity index (χ1) is 19.0. The van der Waals surface area contributed by atoms with E-state index in [0.29, 0.717) is 18.9 Å². The molecule has 2 fully saturated rings. The van der Waals surface area contributed by atoms with Crippen molar-refractivity contribution in [2.75, 3.05) is 6.54 Å². The first-order valence-electron chi connectivity index (χ1n) is 14.6. The van der Waals surface area contributed by atoms with Gasteiger partial charge in [0.05, 0.1) is 22.2 Å². The summed E-state index contributed by atoms with van der Waals surface area (Å²) in [4.78, 5) is 46.8. The number of carbonyl (C=O) groups is 3. The number of aryl methyl sites for hydroxylation is 1. The molecule has 0 unspecified atom stereocenters. The molecule has 40 heavy (non-hydrogen) atoms. The molecule has 2 aromatic rings. The van der Waals surface area contributed by atoms with Gasteiger partial charge in [-0.15, -0.1) is 11.3 Å². The third-order valence-electron chi connectivity index (χ3n) is 8.22. The molecule has 1 aromatic heterocycles. The topological polar surface area (TPSA) is 112 Å². The zero-order valence-electron chi connectivity index (χ0n) is 24.2. The molecule has 3 atom stereocenters. The maximum absolute atomic E-state index is 13.8. The summed E-state index contributed by atoms with van der Waals surface area (Å²) in [6.45, 7) is 8.11. The number of benzene rings is 1. The number of aliphatic hydroxyl groups is 1. The molecule has 1 aliphatic carbocycles. The van der Waals surface area contributed by atoms with Crippen molar-refractivity contribution in [2.45, 2.75) is 104 Å². The van der Waals surface area contributed by atoms with Gasteiger partial charge in [-0.25, -0.2) is 4.98 Å². The normalized spacial score (nSPS) is 20.8. The van der Waals surface area contributed by atoms with Crippen LogP contribution in [0.3, 0.4) is 0 Å². The summed E-state index contributed by atoms with van der Waals surface area (Å²) in [6, 6.07) is 6.41. The highest BCUT2D eigenvalue weighted by Gasteiger charge is 2.44. The SMILES string of the molecule is Cc1ncsc1-c1ccc(CNC(=O)[C@@H]2C[C@@H](O)CN2C(=O)[C@@H](NC(=O)CCC2CCCCC2)C(C)(C)C)cc1. The van der Waals surface area contributed by atoms with Gasteiger partial charge in [0.2, 0.25) is 17.7 Å². The standard InChI is InChI=1S/C31H44N4O4S/c1-20-27(40-19-33-20)23-13-10-22(11-14-23)17-32-29(38)25-16-24(36)18-35(25)30(39)28(31(2,3)4)34-26(37)15-12-21-8-6-5-7-9-21/h10-11,13-14,19,21,24-25,28,36H,5-9,12,15-18H2,1-4H3,(H,32,38)(H,34,37)/t24-,25+,28-/m1/s1. The molecule has 0 spiro atoms. The lowest BCUT2D eigenvalue weighted by Gasteiger charge is -2.35. The fourth-order valence-corrected chi connectivity index (χ4v) is 6.64. The summed E-state index contributed by atoms with van der Waals surface area (Å²) in [5, 5.41) is 16.4. The van der Waals surface area contributed by atoms with Crippen molar-refractivity contribution in [3.63, 3.8) is 0 Å². The Kier molecular flexibility index (Phi) is 10.0. The molecule has 1 saturated carbocycles. The van der Waals surface area contributed by atoms with Crippen LogP contribution in [0.4, 0.5) is 0 Å². The number of nitrogens with one attached hydrogen (secondary N) is 2. The molecule has 0 radical (unpaired) electrons. The molecule has 1 aliphatic heterocycles. The van der Waals surface area contributed by atoms with E-state index in [1.165, 1.54) is 37.0 Å². The number of aliphatic hydroxyl groups excluding tert-OH is 1. The lowest BCUT2D eigenvalue weighted by atomic mass is 9.84. The minimum absolute atomic E-state index is 0.0738. The molecule has 1 aromatic carbocycles. The summed E-state index contributed by atoms with van der Waals surface area (Å²) < 4.78 is 0. The van der Waals surface area contributed by atoms with Crippen LogP contribution in [-0.4, -0.2) is 57.4 Å². The Morgan fingerprint density at radius 1 is 1.12 bits per heavy atom. The largest absolute Gasteiger partial charge is 0.391 e. The van der Waals surface area contributed by atoms with Crippen LogP contribution in [0.25, 0.3) is 10.4 Å². The molecule has 2 heterocycles. The number of likely N-dealkylation sites (tertiary alicyclic amines) is 1. The quantitative estimate of drug-likeness (QED) is 0.410. The summed E-state index contributed by atoms with van der Waals surface area (Å²) >= 11 is 1.59. The Hall–Kier alpha value is -2.78. The lowest BCUT2D eigenvalue weighted by Crippen LogP contribution is -2.57. The van der Waals surface area contributed by atoms with Crippen molar-refractivity contribution >= 4 is 29.1 Å². The minimum atomic E-state index is -0.788. The van der Waals surface area contributed by atoms with Crippen LogP contribution in [0, 0.1) is 18.3 Å². The van der Waals surface area contributed by atoms with Gasteiger partial charge in [0.1, 0.15) is 12.1 Å². The number of hydrogen-bond donors (Lipinski definition) is 3. The molecule has 3 amide bonds. The van der Waals surface area contributed by atoms with Crippen LogP contribution in [0.15, 0.2) is 29.8 Å². The van der Waals surface area contributed by atoms with Crippen LogP contribution in [-0.2, 0) is 20.9 Å². The van der Waals surface area contributed by atoms with Gasteiger partial charge in [-0.1, -0.05) is 77.1 Å². The van der Waals surface area contributed by atoms with E-state index in [-0.39, 0.29) is 30.7 Å². The molecule has 218 valence electrons. The molecule has 1 saturated heterocycles. The van der Waals surface area contributed by atoms with E-state index in [4.69, 9.17) is 0 Å². The van der Waals surface area contributed by atoms with Gasteiger partial charge < -0.3 is 20.6 Å². The van der Waals surface area contributed by atoms with E-state index in [1.54, 1.807) is 11.3 Å². The van der Waals surface area contributed by atoms with Crippen LogP contribution in [0.1, 0.15) is 83.4 Å². The molecule has 8 nitrogen and oxygen atoms in total. The number of amides is 3. The summed E-state index contributed by atoms with van der Waals surface area (Å²) in [6.07, 6.45) is 6.72. The summed E-state index contributed by atoms with van der Waals surface area (Å²) in [5.74, 6) is -0.169. The average Bonchev–Trinajstić information content (AvgIpc) is 3.54. The van der Waals surface area contributed by atoms with E-state index in [2.05, 4.69) is 15.6 Å². The smallest absolute Gasteiger partial charge is 0.246 e. The number of carbonyl (C=O) groups excluding carboxylic acids is 3. The third-order valence-corrected chi connectivity index (χ3v) is 9.19. The van der Waals surface area contributed by atoms with Gasteiger partial charge in [-0.2, -0.15) is 0 Å². The van der Waals surface area contributed by atoms with Crippen molar-refractivity contribution in [1.82, 2.24) is 20.5 Å². The van der Waals surface area contributed by atoms with Crippen molar-refractivity contribution < 1.29 is 19.5 Å². The summed E-state index contributed by atoms with van der Waals surface area (Å²) in [5.41, 5.74) is 4.29. The lowest BCUT2D eigenvalue weighted by molar-refractivity contribution is -0.144. The van der Waals surface area contributed by atoms with Crippen LogP contribution in [0.2, 0.25) is 0 Å². The highest BCUT2D eigenvalue weighted by molar-refractivity contribution is 7.13. The Labute approximate surface area is 242 Å². The monoisotopic (exact) mass is 568 g/mol. The number of nitrogens with zero attached hydrogens (tertiary/aromatic N) is 2. The maximum Gasteiger partial charge on any atom is 0.246 e. The Morgan fingerprint density at radius 3 is 2.45 bits per heavy atom. The molecular formula is C31H44N4O4S. The minimum Gasteiger partial charge on any atom is -0.391 e. The third kappa shape index (κ3) is 7.69. The predicted octanol–water partition coefficient (Wildman–Crippen LogP) is 4.59. The van der Waals surface area contributed by atoms with Gasteiger partial charge in [-0.3, -0.25) is 14.4 Å². The summed E-state index contributed by atoms with van der Waals surface area (Å²) in [7, 11) is 0. The number of hydrogen-bond acceptors (Lipinski definition) is 6. The Bertz CT molecular complexity index is 1170. The molecule has 0 bridgehead atoms. The molecule has 3 N–H and O–H groups in total. The highest BCUT2D eigenvalue weighted by atomic mass is 32.1. The van der Waals surface area contributed by atoms with E-state index >= 15 is 0 Å². The number of β-amino-alcohol motifs (C(OH)–C–C–N with tert-alkyl or cyclic N) is 1. The zero-order valence-corrected chi connectivity index (χ0v) is 25.1. The van der Waals surface area contributed by atoms with Crippen molar-refractivity contribution in [2.24, 2.45) is 11.3 Å². The number of thiazole rings is 1. The Morgan fingerprint density at radius 2 is 1.82 bits per heavy atom. The van der Waals surface area contributed by atoms with Crippen molar-refractivity contribution in [3.8, 4) is 10.4 Å². The number of rotatable bonds is 9. The number of aromatic nitrogens is 1. The van der Waals surface area contributed by atoms with Crippen molar-refractivity contribution in [1.29, 1.82) is 0 Å². The van der Waals surface area contributed by atoms with E-state index in [1.807, 2.05) is 57.5 Å². The van der Waals surface area contributed by atoms with Crippen LogP contribution in [0.5, 0.6) is 0 Å². The van der Waals surface area contributed by atoms with Gasteiger partial charge in [0.25, 0.3) is 0 Å². The predicted molar refractivity (Wildman–Crippen MR) is 157 cm³/mol. The highest BCUT2D eigenvalue weighted by Crippen LogP contribution is 2.30. The zero-order chi connectivity index (χ0) is 28.9. The fourth-order valence-electron chi connectivity index (χ4n) is 5.82. The van der Waals surface area contributed by atoms with E-state index in [0.717, 1.165) is 28.1 Å². The van der Waals surface area contributed by atoms with Gasteiger partial charge >= 0.3 is 0 Å².